The Morgan fingerprint density at radius 2 is 1.77 bits per heavy atom. The monoisotopic (exact) mass is 418 g/mol. The third kappa shape index (κ3) is 5.04. The van der Waals surface area contributed by atoms with Gasteiger partial charge in [0.05, 0.1) is 5.92 Å². The molecule has 0 bridgehead atoms. The van der Waals surface area contributed by atoms with Crippen LogP contribution in [0.1, 0.15) is 39.2 Å². The maximum atomic E-state index is 12.6. The van der Waals surface area contributed by atoms with Gasteiger partial charge in [0.25, 0.3) is 0 Å². The van der Waals surface area contributed by atoms with E-state index in [1.54, 1.807) is 25.7 Å². The fourth-order valence-corrected chi connectivity index (χ4v) is 4.31. The molecule has 3 rings (SSSR count). The average Bonchev–Trinajstić information content (AvgIpc) is 3.04. The van der Waals surface area contributed by atoms with Crippen LogP contribution in [0, 0.1) is 11.3 Å². The van der Waals surface area contributed by atoms with Gasteiger partial charge in [-0.2, -0.15) is 0 Å². The molecule has 1 aromatic carbocycles. The van der Waals surface area contributed by atoms with Gasteiger partial charge in [0.15, 0.2) is 0 Å². The minimum atomic E-state index is -0.959. The third-order valence-electron chi connectivity index (χ3n) is 5.67. The molecule has 8 nitrogen and oxygen atoms in total. The predicted octanol–water partition coefficient (Wildman–Crippen LogP) is 3.36. The van der Waals surface area contributed by atoms with Crippen LogP contribution in [0.3, 0.4) is 0 Å². The number of piperidine rings is 1. The zero-order valence-corrected chi connectivity index (χ0v) is 17.8. The number of hydrogen-bond donors (Lipinski definition) is 1. The maximum Gasteiger partial charge on any atom is 0.410 e. The lowest BCUT2D eigenvalue weighted by molar-refractivity contribution is -0.146. The van der Waals surface area contributed by atoms with E-state index in [4.69, 9.17) is 9.47 Å². The molecule has 2 heterocycles. The number of rotatable bonds is 3. The third-order valence-corrected chi connectivity index (χ3v) is 5.67. The highest BCUT2D eigenvalue weighted by molar-refractivity contribution is 5.76. The van der Waals surface area contributed by atoms with Crippen LogP contribution in [0.5, 0.6) is 0 Å². The fraction of sp³-hybridized carbons (Fsp3) is 0.591. The molecule has 1 aromatic rings. The zero-order valence-electron chi connectivity index (χ0n) is 17.8. The van der Waals surface area contributed by atoms with E-state index < -0.39 is 35.1 Å². The number of hydrogen-bond acceptors (Lipinski definition) is 5. The van der Waals surface area contributed by atoms with Gasteiger partial charge in [0, 0.05) is 31.6 Å². The molecule has 2 aliphatic heterocycles. The van der Waals surface area contributed by atoms with E-state index in [2.05, 4.69) is 0 Å². The molecular formula is C22H30N2O6. The number of carbonyl (C=O) groups is 3. The van der Waals surface area contributed by atoms with Crippen LogP contribution in [-0.4, -0.2) is 64.8 Å². The lowest BCUT2D eigenvalue weighted by Gasteiger charge is -2.42. The molecule has 1 N–H and O–H groups in total. The Hall–Kier alpha value is -2.77. The van der Waals surface area contributed by atoms with Crippen LogP contribution in [-0.2, 0) is 20.9 Å². The summed E-state index contributed by atoms with van der Waals surface area (Å²) in [6, 6.07) is 9.33. The molecule has 2 unspecified atom stereocenters. The smallest absolute Gasteiger partial charge is 0.410 e. The van der Waals surface area contributed by atoms with E-state index in [1.165, 1.54) is 4.90 Å². The van der Waals surface area contributed by atoms with Gasteiger partial charge in [-0.15, -0.1) is 0 Å². The second-order valence-corrected chi connectivity index (χ2v) is 9.18. The zero-order chi connectivity index (χ0) is 21.9. The highest BCUT2D eigenvalue weighted by Gasteiger charge is 2.54. The van der Waals surface area contributed by atoms with Gasteiger partial charge in [-0.25, -0.2) is 9.59 Å². The number of ether oxygens (including phenoxy) is 2. The van der Waals surface area contributed by atoms with E-state index in [0.29, 0.717) is 19.4 Å². The first-order chi connectivity index (χ1) is 14.1. The van der Waals surface area contributed by atoms with Crippen molar-refractivity contribution < 1.29 is 29.0 Å². The fourth-order valence-electron chi connectivity index (χ4n) is 4.31. The molecule has 1 spiro atoms. The molecule has 0 aliphatic carbocycles. The number of likely N-dealkylation sites (tertiary alicyclic amines) is 2. The first-order valence-electron chi connectivity index (χ1n) is 10.3. The van der Waals surface area contributed by atoms with Crippen molar-refractivity contribution in [2.24, 2.45) is 11.3 Å². The minimum absolute atomic E-state index is 0.0745. The lowest BCUT2D eigenvalue weighted by atomic mass is 9.72. The molecule has 8 heteroatoms. The molecule has 2 atom stereocenters. The number of nitrogens with zero attached hydrogens (tertiary/aromatic N) is 2. The summed E-state index contributed by atoms with van der Waals surface area (Å²) in [5, 5.41) is 9.84. The van der Waals surface area contributed by atoms with E-state index >= 15 is 0 Å². The molecule has 164 valence electrons. The van der Waals surface area contributed by atoms with Crippen molar-refractivity contribution in [2.75, 3.05) is 26.2 Å². The van der Waals surface area contributed by atoms with E-state index in [1.807, 2.05) is 30.3 Å². The minimum Gasteiger partial charge on any atom is -0.481 e. The summed E-state index contributed by atoms with van der Waals surface area (Å²) >= 11 is 0. The van der Waals surface area contributed by atoms with Crippen LogP contribution in [0.4, 0.5) is 9.59 Å². The predicted molar refractivity (Wildman–Crippen MR) is 109 cm³/mol. The quantitative estimate of drug-likeness (QED) is 0.809. The van der Waals surface area contributed by atoms with E-state index in [-0.39, 0.29) is 26.2 Å². The summed E-state index contributed by atoms with van der Waals surface area (Å²) < 4.78 is 10.9. The molecule has 2 amide bonds. The summed E-state index contributed by atoms with van der Waals surface area (Å²) in [6.45, 7) is 6.61. The second-order valence-electron chi connectivity index (χ2n) is 9.18. The summed E-state index contributed by atoms with van der Waals surface area (Å²) in [4.78, 5) is 40.2. The highest BCUT2D eigenvalue weighted by Crippen LogP contribution is 2.44. The molecule has 0 aromatic heterocycles. The van der Waals surface area contributed by atoms with Gasteiger partial charge >= 0.3 is 18.2 Å². The summed E-state index contributed by atoms with van der Waals surface area (Å²) in [5.41, 5.74) is -0.466. The average molecular weight is 418 g/mol. The second kappa shape index (κ2) is 8.53. The maximum absolute atomic E-state index is 12.6. The van der Waals surface area contributed by atoms with Crippen molar-refractivity contribution in [1.29, 1.82) is 0 Å². The van der Waals surface area contributed by atoms with Crippen LogP contribution in [0.2, 0.25) is 0 Å². The first-order valence-corrected chi connectivity index (χ1v) is 10.3. The Morgan fingerprint density at radius 1 is 1.10 bits per heavy atom. The Kier molecular flexibility index (Phi) is 6.24. The summed E-state index contributed by atoms with van der Waals surface area (Å²) in [5.74, 6) is -1.72. The van der Waals surface area contributed by atoms with Crippen molar-refractivity contribution in [2.45, 2.75) is 45.8 Å². The Labute approximate surface area is 176 Å². The van der Waals surface area contributed by atoms with Crippen molar-refractivity contribution in [3.8, 4) is 0 Å². The van der Waals surface area contributed by atoms with Crippen molar-refractivity contribution in [3.63, 3.8) is 0 Å². The molecular weight excluding hydrogens is 388 g/mol. The molecule has 0 radical (unpaired) electrons. The number of aliphatic carboxylic acids is 1. The van der Waals surface area contributed by atoms with Gasteiger partial charge in [-0.1, -0.05) is 30.3 Å². The van der Waals surface area contributed by atoms with Crippen LogP contribution >= 0.6 is 0 Å². The normalized spacial score (nSPS) is 24.0. The van der Waals surface area contributed by atoms with Gasteiger partial charge < -0.3 is 24.4 Å². The van der Waals surface area contributed by atoms with Crippen LogP contribution in [0.15, 0.2) is 30.3 Å². The highest BCUT2D eigenvalue weighted by atomic mass is 16.6. The topological polar surface area (TPSA) is 96.4 Å². The Bertz CT molecular complexity index is 791. The van der Waals surface area contributed by atoms with Gasteiger partial charge in [0.2, 0.25) is 0 Å². The number of carboxylic acids is 1. The SMILES string of the molecule is CC(C)(C)OC(=O)N1CCCC2(CN(C(=O)OCc3ccccc3)CC2C(=O)O)C1. The molecule has 2 fully saturated rings. The largest absolute Gasteiger partial charge is 0.481 e. The Balaban J connectivity index is 1.69. The van der Waals surface area contributed by atoms with Crippen molar-refractivity contribution in [3.05, 3.63) is 35.9 Å². The van der Waals surface area contributed by atoms with E-state index in [0.717, 1.165) is 5.56 Å². The number of benzene rings is 1. The molecule has 2 aliphatic rings. The standard InChI is InChI=1S/C22H30N2O6/c1-21(2,3)30-20(28)23-11-7-10-22(14-23)15-24(12-17(22)18(25)26)19(27)29-13-16-8-5-4-6-9-16/h4-6,8-9,17H,7,10-15H2,1-3H3,(H,25,26). The lowest BCUT2D eigenvalue weighted by Crippen LogP contribution is -2.52. The molecule has 30 heavy (non-hydrogen) atoms. The van der Waals surface area contributed by atoms with Gasteiger partial charge in [-0.05, 0) is 39.2 Å². The number of carbonyl (C=O) groups excluding carboxylic acids is 2. The molecule has 0 saturated carbocycles. The van der Waals surface area contributed by atoms with Crippen LogP contribution < -0.4 is 0 Å². The van der Waals surface area contributed by atoms with E-state index in [9.17, 15) is 19.5 Å². The first kappa shape index (κ1) is 21.9. The number of carboxylic acid groups (broad SMARTS) is 1. The summed E-state index contributed by atoms with van der Waals surface area (Å²) in [7, 11) is 0. The van der Waals surface area contributed by atoms with Gasteiger partial charge in [0.1, 0.15) is 12.2 Å². The van der Waals surface area contributed by atoms with Crippen molar-refractivity contribution in [1.82, 2.24) is 9.80 Å². The van der Waals surface area contributed by atoms with Crippen molar-refractivity contribution >= 4 is 18.2 Å². The Morgan fingerprint density at radius 3 is 2.40 bits per heavy atom. The summed E-state index contributed by atoms with van der Waals surface area (Å²) in [6.07, 6.45) is 0.314. The van der Waals surface area contributed by atoms with Gasteiger partial charge in [-0.3, -0.25) is 4.79 Å². The van der Waals surface area contributed by atoms with Crippen LogP contribution in [0.25, 0.3) is 0 Å². The molecule has 2 saturated heterocycles. The number of amides is 2.